The first-order chi connectivity index (χ1) is 15.7. The molecule has 10 nitrogen and oxygen atoms in total. The number of nitrogens with one attached hydrogen (secondary N) is 3. The first kappa shape index (κ1) is 24.3. The van der Waals surface area contributed by atoms with Crippen LogP contribution in [0.5, 0.6) is 0 Å². The maximum Gasteiger partial charge on any atom is 0.269 e. The monoisotopic (exact) mass is 461 g/mol. The highest BCUT2D eigenvalue weighted by atomic mass is 19.3. The summed E-state index contributed by atoms with van der Waals surface area (Å²) in [6.45, 7) is 1.93. The van der Waals surface area contributed by atoms with Crippen LogP contribution in [-0.2, 0) is 0 Å². The van der Waals surface area contributed by atoms with Crippen molar-refractivity contribution in [1.82, 2.24) is 15.3 Å². The van der Waals surface area contributed by atoms with Crippen molar-refractivity contribution in [2.45, 2.75) is 50.6 Å². The average molecular weight is 462 g/mol. The molecule has 0 spiro atoms. The Hall–Kier alpha value is -3.38. The number of nitrogens with two attached hydrogens (primary N) is 2. The third-order valence-electron chi connectivity index (χ3n) is 5.35. The molecule has 0 aliphatic heterocycles. The Morgan fingerprint density at radius 2 is 2.21 bits per heavy atom. The maximum absolute atomic E-state index is 14.6. The number of carbonyl (C=O) groups is 1. The van der Waals surface area contributed by atoms with E-state index in [1.165, 1.54) is 11.3 Å². The van der Waals surface area contributed by atoms with E-state index in [1.807, 2.05) is 6.92 Å². The summed E-state index contributed by atoms with van der Waals surface area (Å²) in [5, 5.41) is 14.0. The molecule has 33 heavy (non-hydrogen) atoms. The van der Waals surface area contributed by atoms with Crippen LogP contribution >= 0.6 is 0 Å². The lowest BCUT2D eigenvalue weighted by Crippen LogP contribution is -2.56. The lowest BCUT2D eigenvalue weighted by Gasteiger charge is -2.38. The Balaban J connectivity index is 1.88. The summed E-state index contributed by atoms with van der Waals surface area (Å²) in [6.07, 6.45) is 4.38. The van der Waals surface area contributed by atoms with Crippen LogP contribution in [0.4, 0.5) is 31.9 Å². The van der Waals surface area contributed by atoms with Gasteiger partial charge in [-0.15, -0.1) is 0 Å². The van der Waals surface area contributed by atoms with Crippen LogP contribution in [0, 0.1) is 0 Å². The fourth-order valence-corrected chi connectivity index (χ4v) is 3.66. The third-order valence-corrected chi connectivity index (χ3v) is 5.35. The first-order valence-corrected chi connectivity index (χ1v) is 10.7. The quantitative estimate of drug-likeness (QED) is 0.218. The van der Waals surface area contributed by atoms with E-state index >= 15 is 0 Å². The number of hydrogen-bond acceptors (Lipinski definition) is 9. The molecule has 7 N–H and O–H groups in total. The van der Waals surface area contributed by atoms with Crippen molar-refractivity contribution in [3.8, 4) is 0 Å². The number of nitrogens with zero attached hydrogens (tertiary/aromatic N) is 4. The highest BCUT2D eigenvalue weighted by Crippen LogP contribution is 2.35. The number of aromatic nitrogens is 2. The van der Waals surface area contributed by atoms with E-state index < -0.39 is 23.9 Å². The van der Waals surface area contributed by atoms with E-state index in [0.29, 0.717) is 24.2 Å². The van der Waals surface area contributed by atoms with E-state index in [-0.39, 0.29) is 23.8 Å². The molecule has 0 unspecified atom stereocenters. The molecule has 1 aromatic carbocycles. The molecule has 2 atom stereocenters. The van der Waals surface area contributed by atoms with Gasteiger partial charge in [0.2, 0.25) is 5.95 Å². The molecule has 1 aliphatic rings. The molecule has 3 rings (SSSR count). The van der Waals surface area contributed by atoms with Crippen LogP contribution < -0.4 is 32.6 Å². The molecule has 0 bridgehead atoms. The number of primary amides is 1. The van der Waals surface area contributed by atoms with Crippen molar-refractivity contribution in [1.29, 1.82) is 0 Å². The number of carbonyl (C=O) groups excluding carboxylic acids is 1. The van der Waals surface area contributed by atoms with E-state index in [0.717, 1.165) is 6.42 Å². The zero-order valence-corrected chi connectivity index (χ0v) is 18.6. The molecule has 1 saturated carbocycles. The van der Waals surface area contributed by atoms with Gasteiger partial charge in [0.05, 0.1) is 5.69 Å². The van der Waals surface area contributed by atoms with Gasteiger partial charge in [-0.25, -0.2) is 19.6 Å². The second-order valence-electron chi connectivity index (χ2n) is 7.72. The molecule has 178 valence electrons. The summed E-state index contributed by atoms with van der Waals surface area (Å²) in [5.41, 5.74) is 6.60. The normalized spacial score (nSPS) is 19.9. The van der Waals surface area contributed by atoms with Crippen LogP contribution in [0.25, 0.3) is 0 Å². The summed E-state index contributed by atoms with van der Waals surface area (Å²) in [4.78, 5) is 20.2. The Morgan fingerprint density at radius 3 is 2.91 bits per heavy atom. The van der Waals surface area contributed by atoms with Crippen molar-refractivity contribution in [2.24, 2.45) is 16.7 Å². The molecule has 0 radical (unpaired) electrons. The molecular formula is C21H29F2N9O. The second-order valence-corrected chi connectivity index (χ2v) is 7.72. The maximum atomic E-state index is 14.6. The van der Waals surface area contributed by atoms with Crippen molar-refractivity contribution < 1.29 is 13.6 Å². The van der Waals surface area contributed by atoms with Gasteiger partial charge >= 0.3 is 0 Å². The van der Waals surface area contributed by atoms with Crippen LogP contribution in [0.3, 0.4) is 0 Å². The molecule has 12 heteroatoms. The van der Waals surface area contributed by atoms with E-state index in [9.17, 15) is 13.6 Å². The molecule has 2 aromatic rings. The summed E-state index contributed by atoms with van der Waals surface area (Å²) >= 11 is 0. The number of rotatable bonds is 9. The molecule has 1 amide bonds. The van der Waals surface area contributed by atoms with E-state index in [2.05, 4.69) is 31.0 Å². The molecule has 1 aromatic heterocycles. The van der Waals surface area contributed by atoms with Gasteiger partial charge in [0.25, 0.3) is 11.8 Å². The molecule has 1 fully saturated rings. The summed E-state index contributed by atoms with van der Waals surface area (Å²) in [7, 11) is 1.64. The van der Waals surface area contributed by atoms with Gasteiger partial charge in [0, 0.05) is 30.6 Å². The highest BCUT2D eigenvalue weighted by Gasteiger charge is 2.47. The minimum atomic E-state index is -2.94. The van der Waals surface area contributed by atoms with E-state index in [4.69, 9.17) is 11.6 Å². The summed E-state index contributed by atoms with van der Waals surface area (Å²) in [5.74, 6) is 2.26. The molecule has 0 saturated heterocycles. The van der Waals surface area contributed by atoms with Crippen LogP contribution in [0.15, 0.2) is 35.6 Å². The molecule has 1 aliphatic carbocycles. The van der Waals surface area contributed by atoms with Crippen LogP contribution in [-0.4, -0.2) is 47.1 Å². The number of alkyl halides is 2. The van der Waals surface area contributed by atoms with Gasteiger partial charge in [-0.3, -0.25) is 4.79 Å². The Morgan fingerprint density at radius 1 is 1.42 bits per heavy atom. The van der Waals surface area contributed by atoms with Crippen molar-refractivity contribution >= 4 is 35.3 Å². The minimum Gasteiger partial charge on any atom is -0.365 e. The van der Waals surface area contributed by atoms with Crippen LogP contribution in [0.1, 0.15) is 43.0 Å². The van der Waals surface area contributed by atoms with Gasteiger partial charge in [-0.1, -0.05) is 13.0 Å². The predicted molar refractivity (Wildman–Crippen MR) is 125 cm³/mol. The van der Waals surface area contributed by atoms with E-state index in [1.54, 1.807) is 37.5 Å². The largest absolute Gasteiger partial charge is 0.365 e. The van der Waals surface area contributed by atoms with Gasteiger partial charge in [-0.2, -0.15) is 15.2 Å². The van der Waals surface area contributed by atoms with Crippen molar-refractivity contribution in [2.75, 3.05) is 22.8 Å². The van der Waals surface area contributed by atoms with Gasteiger partial charge < -0.3 is 21.7 Å². The highest BCUT2D eigenvalue weighted by molar-refractivity contribution is 5.98. The van der Waals surface area contributed by atoms with Gasteiger partial charge in [0.1, 0.15) is 17.4 Å². The average Bonchev–Trinajstić information content (AvgIpc) is 2.78. The van der Waals surface area contributed by atoms with Crippen LogP contribution in [0.2, 0.25) is 0 Å². The number of hydrazine groups is 1. The number of benzene rings is 1. The molecule has 1 heterocycles. The van der Waals surface area contributed by atoms with Gasteiger partial charge in [0.15, 0.2) is 0 Å². The number of anilines is 4. The molecular weight excluding hydrogens is 432 g/mol. The van der Waals surface area contributed by atoms with Gasteiger partial charge in [-0.05, 0) is 44.5 Å². The third kappa shape index (κ3) is 5.90. The second kappa shape index (κ2) is 10.5. The Bertz CT molecular complexity index is 1000. The number of hydrogen-bond donors (Lipinski definition) is 5. The number of halogens is 2. The zero-order valence-electron chi connectivity index (χ0n) is 18.6. The minimum absolute atomic E-state index is 0.0140. The lowest BCUT2D eigenvalue weighted by atomic mass is 9.87. The lowest BCUT2D eigenvalue weighted by molar-refractivity contribution is -0.0550. The first-order valence-electron chi connectivity index (χ1n) is 10.7. The fraction of sp³-hybridized carbons (Fsp3) is 0.429. The predicted octanol–water partition coefficient (Wildman–Crippen LogP) is 2.58. The SMILES string of the molecule is CC/C=N\N(N)c1cccc(Nc2nc(N[C@H]3[C@@H](NC)CCCC3(F)F)ncc2C(N)=O)c1. The zero-order chi connectivity index (χ0) is 24.0. The summed E-state index contributed by atoms with van der Waals surface area (Å²) in [6, 6.07) is 5.26. The topological polar surface area (TPSA) is 147 Å². The smallest absolute Gasteiger partial charge is 0.269 e. The summed E-state index contributed by atoms with van der Waals surface area (Å²) < 4.78 is 29.2. The Kier molecular flexibility index (Phi) is 7.71. The standard InChI is InChI=1S/C21H29F2N9O/c1-3-10-28-32(25)14-7-4-6-13(11-14)29-19-15(18(24)33)12-27-20(31-19)30-17-16(26-2)8-5-9-21(17,22)23/h4,6-7,10-12,16-17,26H,3,5,8-9,25H2,1-2H3,(H2,24,33)(H2,27,29,30,31)/b28-10-/t16-,17-/m0/s1. The van der Waals surface area contributed by atoms with Crippen molar-refractivity contribution in [3.05, 3.63) is 36.0 Å². The number of amides is 1. The van der Waals surface area contributed by atoms with Crippen molar-refractivity contribution in [3.63, 3.8) is 0 Å². The number of likely N-dealkylation sites (N-methyl/N-ethyl adjacent to an activating group) is 1. The number of hydrazone groups is 1. The fourth-order valence-electron chi connectivity index (χ4n) is 3.66. The Labute approximate surface area is 190 Å².